The fourth-order valence-electron chi connectivity index (χ4n) is 5.69. The van der Waals surface area contributed by atoms with E-state index in [1.165, 1.54) is 36.4 Å². The zero-order chi connectivity index (χ0) is 25.0. The third kappa shape index (κ3) is 3.88. The molecule has 3 amide bonds. The Labute approximate surface area is 209 Å². The molecule has 0 unspecified atom stereocenters. The van der Waals surface area contributed by atoms with E-state index in [2.05, 4.69) is 0 Å². The Kier molecular flexibility index (Phi) is 5.85. The molecule has 3 aliphatic rings. The molecule has 0 radical (unpaired) electrons. The monoisotopic (exact) mass is 515 g/mol. The quantitative estimate of drug-likeness (QED) is 0.246. The standard InChI is InChI=1S/C24H19Cl2N3O6/c25-15-6-7-17(18(26)10-15)22(31)27(11-19(30)12-2-1-3-16(9-12)29(34)35)28-23(32)20-13-4-5-14(8-13)21(20)24(28)33/h1-3,6-7,9-10,13-14,20-21H,4-5,8,11H2/t13-,14-,20+,21+/m0/s1. The lowest BCUT2D eigenvalue weighted by atomic mass is 9.81. The van der Waals surface area contributed by atoms with Crippen LogP contribution in [0.2, 0.25) is 10.0 Å². The summed E-state index contributed by atoms with van der Waals surface area (Å²) in [6.45, 7) is -0.675. The highest BCUT2D eigenvalue weighted by molar-refractivity contribution is 6.36. The second kappa shape index (κ2) is 8.73. The average Bonchev–Trinajstić information content (AvgIpc) is 3.51. The summed E-state index contributed by atoms with van der Waals surface area (Å²) < 4.78 is 0. The largest absolute Gasteiger partial charge is 0.292 e. The van der Waals surface area contributed by atoms with E-state index in [-0.39, 0.29) is 38.7 Å². The molecule has 4 atom stereocenters. The van der Waals surface area contributed by atoms with Gasteiger partial charge in [-0.1, -0.05) is 35.3 Å². The zero-order valence-corrected chi connectivity index (χ0v) is 19.7. The number of imide groups is 1. The van der Waals surface area contributed by atoms with Gasteiger partial charge in [0, 0.05) is 22.7 Å². The van der Waals surface area contributed by atoms with Crippen LogP contribution in [-0.2, 0) is 9.59 Å². The molecule has 2 aromatic carbocycles. The van der Waals surface area contributed by atoms with Crippen LogP contribution in [0.1, 0.15) is 40.0 Å². The number of carbonyl (C=O) groups is 4. The van der Waals surface area contributed by atoms with E-state index in [4.69, 9.17) is 23.2 Å². The summed E-state index contributed by atoms with van der Waals surface area (Å²) in [7, 11) is 0. The summed E-state index contributed by atoms with van der Waals surface area (Å²) in [5.74, 6) is -3.36. The van der Waals surface area contributed by atoms with Gasteiger partial charge in [0.25, 0.3) is 23.4 Å². The smallest absolute Gasteiger partial charge is 0.274 e. The van der Waals surface area contributed by atoms with Crippen LogP contribution in [0.3, 0.4) is 0 Å². The zero-order valence-electron chi connectivity index (χ0n) is 18.2. The Hall–Kier alpha value is -3.30. The van der Waals surface area contributed by atoms with Gasteiger partial charge in [-0.3, -0.25) is 29.3 Å². The number of benzene rings is 2. The highest BCUT2D eigenvalue weighted by Crippen LogP contribution is 2.56. The average molecular weight is 516 g/mol. The van der Waals surface area contributed by atoms with Gasteiger partial charge in [0.15, 0.2) is 5.78 Å². The lowest BCUT2D eigenvalue weighted by Crippen LogP contribution is -2.52. The van der Waals surface area contributed by atoms with Crippen molar-refractivity contribution in [2.45, 2.75) is 19.3 Å². The van der Waals surface area contributed by atoms with E-state index >= 15 is 0 Å². The van der Waals surface area contributed by atoms with Gasteiger partial charge in [0.05, 0.1) is 27.3 Å². The maximum atomic E-state index is 13.6. The molecule has 35 heavy (non-hydrogen) atoms. The summed E-state index contributed by atoms with van der Waals surface area (Å²) in [6.07, 6.45) is 2.51. The molecule has 1 heterocycles. The fraction of sp³-hybridized carbons (Fsp3) is 0.333. The molecule has 1 aliphatic heterocycles. The van der Waals surface area contributed by atoms with Crippen molar-refractivity contribution in [2.75, 3.05) is 6.54 Å². The number of hydrogen-bond acceptors (Lipinski definition) is 6. The number of halogens is 2. The van der Waals surface area contributed by atoms with Crippen molar-refractivity contribution in [3.8, 4) is 0 Å². The molecule has 180 valence electrons. The number of hydrogen-bond donors (Lipinski definition) is 0. The third-order valence-electron chi connectivity index (χ3n) is 7.21. The number of carbonyl (C=O) groups excluding carboxylic acids is 4. The van der Waals surface area contributed by atoms with Crippen molar-refractivity contribution in [1.82, 2.24) is 10.0 Å². The summed E-state index contributed by atoms with van der Waals surface area (Å²) in [4.78, 5) is 64.1. The Balaban J connectivity index is 1.52. The van der Waals surface area contributed by atoms with Crippen molar-refractivity contribution in [3.05, 3.63) is 73.8 Å². The van der Waals surface area contributed by atoms with Crippen LogP contribution in [0.25, 0.3) is 0 Å². The second-order valence-corrected chi connectivity index (χ2v) is 9.93. The Morgan fingerprint density at radius 2 is 1.69 bits per heavy atom. The predicted molar refractivity (Wildman–Crippen MR) is 125 cm³/mol. The lowest BCUT2D eigenvalue weighted by molar-refractivity contribution is -0.384. The number of nitrogens with zero attached hydrogens (tertiary/aromatic N) is 3. The van der Waals surface area contributed by atoms with Crippen LogP contribution in [-0.4, -0.2) is 45.0 Å². The van der Waals surface area contributed by atoms with Crippen LogP contribution in [0.4, 0.5) is 5.69 Å². The Morgan fingerprint density at radius 1 is 1.03 bits per heavy atom. The molecule has 2 aromatic rings. The molecule has 1 saturated heterocycles. The van der Waals surface area contributed by atoms with E-state index in [0.29, 0.717) is 0 Å². The number of non-ortho nitro benzene ring substituents is 1. The van der Waals surface area contributed by atoms with E-state index in [9.17, 15) is 29.3 Å². The number of rotatable bonds is 6. The first kappa shape index (κ1) is 23.4. The van der Waals surface area contributed by atoms with E-state index in [0.717, 1.165) is 35.3 Å². The molecule has 11 heteroatoms. The highest BCUT2D eigenvalue weighted by atomic mass is 35.5. The Bertz CT molecular complexity index is 1270. The van der Waals surface area contributed by atoms with Gasteiger partial charge >= 0.3 is 0 Å². The van der Waals surface area contributed by atoms with Crippen LogP contribution in [0.5, 0.6) is 0 Å². The van der Waals surface area contributed by atoms with Crippen molar-refractivity contribution in [3.63, 3.8) is 0 Å². The van der Waals surface area contributed by atoms with Crippen LogP contribution in [0.15, 0.2) is 42.5 Å². The number of fused-ring (bicyclic) bond motifs is 5. The number of amides is 3. The lowest BCUT2D eigenvalue weighted by Gasteiger charge is -2.31. The molecule has 9 nitrogen and oxygen atoms in total. The van der Waals surface area contributed by atoms with Crippen LogP contribution < -0.4 is 0 Å². The van der Waals surface area contributed by atoms with Gasteiger partial charge in [0.2, 0.25) is 0 Å². The van der Waals surface area contributed by atoms with Gasteiger partial charge in [-0.25, -0.2) is 5.01 Å². The number of ketones is 1. The summed E-state index contributed by atoms with van der Waals surface area (Å²) in [5, 5.41) is 13.0. The summed E-state index contributed by atoms with van der Waals surface area (Å²) >= 11 is 12.2. The minimum Gasteiger partial charge on any atom is -0.292 e. The van der Waals surface area contributed by atoms with Crippen molar-refractivity contribution >= 4 is 52.4 Å². The first-order valence-electron chi connectivity index (χ1n) is 11.1. The number of Topliss-reactive ketones (excluding diaryl/α,β-unsaturated/α-hetero) is 1. The van der Waals surface area contributed by atoms with Gasteiger partial charge in [-0.2, -0.15) is 5.01 Å². The molecule has 2 bridgehead atoms. The molecule has 0 spiro atoms. The second-order valence-electron chi connectivity index (χ2n) is 9.09. The first-order valence-corrected chi connectivity index (χ1v) is 11.8. The van der Waals surface area contributed by atoms with E-state index in [1.54, 1.807) is 0 Å². The van der Waals surface area contributed by atoms with Crippen LogP contribution >= 0.6 is 23.2 Å². The van der Waals surface area contributed by atoms with Gasteiger partial charge in [-0.15, -0.1) is 0 Å². The molecular weight excluding hydrogens is 497 g/mol. The van der Waals surface area contributed by atoms with E-state index in [1.807, 2.05) is 0 Å². The topological polar surface area (TPSA) is 118 Å². The molecule has 0 aromatic heterocycles. The minimum absolute atomic E-state index is 0.00495. The van der Waals surface area contributed by atoms with Crippen molar-refractivity contribution < 1.29 is 24.1 Å². The van der Waals surface area contributed by atoms with Crippen molar-refractivity contribution in [1.29, 1.82) is 0 Å². The molecule has 2 saturated carbocycles. The maximum absolute atomic E-state index is 13.6. The number of nitro benzene ring substituents is 1. The summed E-state index contributed by atoms with van der Waals surface area (Å²) in [5.41, 5.74) is -0.365. The SMILES string of the molecule is O=C(CN(C(=O)c1ccc(Cl)cc1Cl)N1C(=O)[C@@H]2[C@H]3CC[C@@H](C3)[C@H]2C1=O)c1cccc([N+](=O)[O-])c1. The number of nitro groups is 1. The summed E-state index contributed by atoms with van der Waals surface area (Å²) in [6, 6.07) is 9.18. The minimum atomic E-state index is -0.820. The molecule has 0 N–H and O–H groups in total. The molecular formula is C24H19Cl2N3O6. The molecule has 2 aliphatic carbocycles. The Morgan fingerprint density at radius 3 is 2.29 bits per heavy atom. The van der Waals surface area contributed by atoms with Crippen molar-refractivity contribution in [2.24, 2.45) is 23.7 Å². The highest BCUT2D eigenvalue weighted by Gasteiger charge is 2.62. The van der Waals surface area contributed by atoms with Gasteiger partial charge in [0.1, 0.15) is 6.54 Å². The van der Waals surface area contributed by atoms with Crippen LogP contribution in [0, 0.1) is 33.8 Å². The predicted octanol–water partition coefficient (Wildman–Crippen LogP) is 4.17. The maximum Gasteiger partial charge on any atom is 0.274 e. The first-order chi connectivity index (χ1) is 16.7. The van der Waals surface area contributed by atoms with Gasteiger partial charge < -0.3 is 0 Å². The van der Waals surface area contributed by atoms with E-state index < -0.39 is 46.8 Å². The molecule has 5 rings (SSSR count). The van der Waals surface area contributed by atoms with Gasteiger partial charge in [-0.05, 0) is 49.3 Å². The number of hydrazine groups is 1. The normalized spacial score (nSPS) is 24.6. The third-order valence-corrected chi connectivity index (χ3v) is 7.76. The molecule has 3 fully saturated rings. The fourth-order valence-corrected chi connectivity index (χ4v) is 6.18.